The molecule has 35 heavy (non-hydrogen) atoms. The zero-order chi connectivity index (χ0) is 23.8. The lowest BCUT2D eigenvalue weighted by Gasteiger charge is -2.36. The van der Waals surface area contributed by atoms with E-state index in [1.165, 1.54) is 0 Å². The Hall–Kier alpha value is -4.04. The molecule has 0 aliphatic carbocycles. The van der Waals surface area contributed by atoms with Crippen LogP contribution in [0.2, 0.25) is 5.02 Å². The van der Waals surface area contributed by atoms with Crippen LogP contribution < -0.4 is 20.8 Å². The summed E-state index contributed by atoms with van der Waals surface area (Å²) in [6, 6.07) is 21.8. The van der Waals surface area contributed by atoms with Gasteiger partial charge in [0.05, 0.1) is 22.2 Å². The summed E-state index contributed by atoms with van der Waals surface area (Å²) < 4.78 is 0. The Morgan fingerprint density at radius 2 is 1.63 bits per heavy atom. The number of H-pyrrole nitrogens is 2. The van der Waals surface area contributed by atoms with E-state index in [2.05, 4.69) is 25.1 Å². The molecule has 0 atom stereocenters. The number of para-hydroxylation sites is 2. The highest BCUT2D eigenvalue weighted by Crippen LogP contribution is 2.27. The van der Waals surface area contributed by atoms with Crippen molar-refractivity contribution in [2.75, 3.05) is 41.3 Å². The predicted octanol–water partition coefficient (Wildman–Crippen LogP) is 4.39. The number of anilines is 3. The minimum Gasteiger partial charge on any atom is -0.366 e. The van der Waals surface area contributed by atoms with Crippen LogP contribution in [-0.2, 0) is 6.54 Å². The van der Waals surface area contributed by atoms with Gasteiger partial charge in [-0.3, -0.25) is 0 Å². The molecule has 3 N–H and O–H groups in total. The molecule has 0 radical (unpaired) electrons. The molecule has 0 spiro atoms. The summed E-state index contributed by atoms with van der Waals surface area (Å²) in [4.78, 5) is 31.8. The van der Waals surface area contributed by atoms with E-state index in [1.807, 2.05) is 66.7 Å². The van der Waals surface area contributed by atoms with Gasteiger partial charge in [0.15, 0.2) is 0 Å². The number of rotatable bonds is 5. The standard InChI is InChI=1S/C26H24ClN7O/c27-18-10-8-17(9-11-18)16-28-24-19-4-1-2-5-20(19)29-25(32-24)34-14-12-33(13-15-34)22-7-3-6-21-23(22)31-26(35)30-21/h1-11H,12-16H2,(H,28,29,32)(H2,30,31,35). The summed E-state index contributed by atoms with van der Waals surface area (Å²) in [5.74, 6) is 1.54. The Kier molecular flexibility index (Phi) is 5.50. The molecule has 1 fully saturated rings. The number of fused-ring (bicyclic) bond motifs is 2. The van der Waals surface area contributed by atoms with Crippen LogP contribution >= 0.6 is 11.6 Å². The van der Waals surface area contributed by atoms with Gasteiger partial charge in [-0.15, -0.1) is 0 Å². The van der Waals surface area contributed by atoms with E-state index >= 15 is 0 Å². The van der Waals surface area contributed by atoms with Gasteiger partial charge in [-0.1, -0.05) is 41.9 Å². The lowest BCUT2D eigenvalue weighted by molar-refractivity contribution is 0.642. The zero-order valence-corrected chi connectivity index (χ0v) is 19.7. The van der Waals surface area contributed by atoms with E-state index in [9.17, 15) is 4.79 Å². The quantitative estimate of drug-likeness (QED) is 0.342. The van der Waals surface area contributed by atoms with Crippen molar-refractivity contribution in [3.8, 4) is 0 Å². The summed E-state index contributed by atoms with van der Waals surface area (Å²) in [7, 11) is 0. The fourth-order valence-corrected chi connectivity index (χ4v) is 4.71. The van der Waals surface area contributed by atoms with E-state index in [-0.39, 0.29) is 5.69 Å². The minimum atomic E-state index is -0.186. The van der Waals surface area contributed by atoms with Crippen molar-refractivity contribution in [3.63, 3.8) is 0 Å². The summed E-state index contributed by atoms with van der Waals surface area (Å²) in [5.41, 5.74) is 4.56. The predicted molar refractivity (Wildman–Crippen MR) is 142 cm³/mol. The van der Waals surface area contributed by atoms with Crippen LogP contribution in [0, 0.1) is 0 Å². The number of halogens is 1. The van der Waals surface area contributed by atoms with Crippen molar-refractivity contribution in [2.24, 2.45) is 0 Å². The molecule has 5 aromatic rings. The summed E-state index contributed by atoms with van der Waals surface area (Å²) in [5, 5.41) is 5.21. The highest BCUT2D eigenvalue weighted by molar-refractivity contribution is 6.30. The van der Waals surface area contributed by atoms with Crippen molar-refractivity contribution < 1.29 is 0 Å². The van der Waals surface area contributed by atoms with Gasteiger partial charge in [-0.2, -0.15) is 4.98 Å². The van der Waals surface area contributed by atoms with E-state index in [0.717, 1.165) is 76.2 Å². The Labute approximate surface area is 206 Å². The number of imidazole rings is 1. The third-order valence-electron chi connectivity index (χ3n) is 6.40. The first-order chi connectivity index (χ1) is 17.1. The molecule has 3 heterocycles. The van der Waals surface area contributed by atoms with Gasteiger partial charge in [-0.25, -0.2) is 9.78 Å². The molecular formula is C26H24ClN7O. The van der Waals surface area contributed by atoms with Gasteiger partial charge in [0.1, 0.15) is 5.82 Å². The molecule has 6 rings (SSSR count). The van der Waals surface area contributed by atoms with Crippen molar-refractivity contribution in [1.82, 2.24) is 19.9 Å². The zero-order valence-electron chi connectivity index (χ0n) is 19.0. The maximum absolute atomic E-state index is 11.8. The largest absolute Gasteiger partial charge is 0.366 e. The molecular weight excluding hydrogens is 462 g/mol. The number of hydrogen-bond acceptors (Lipinski definition) is 6. The maximum atomic E-state index is 11.8. The molecule has 9 heteroatoms. The van der Waals surface area contributed by atoms with E-state index < -0.39 is 0 Å². The lowest BCUT2D eigenvalue weighted by atomic mass is 10.2. The summed E-state index contributed by atoms with van der Waals surface area (Å²) >= 11 is 6.03. The molecule has 1 saturated heterocycles. The van der Waals surface area contributed by atoms with Gasteiger partial charge < -0.3 is 25.1 Å². The van der Waals surface area contributed by atoms with E-state index in [0.29, 0.717) is 6.54 Å². The second-order valence-electron chi connectivity index (χ2n) is 8.62. The SMILES string of the molecule is O=c1[nH]c2cccc(N3CCN(c4nc(NCc5ccc(Cl)cc5)c5ccccc5n4)CC3)c2[nH]1. The molecule has 0 unspecified atom stereocenters. The van der Waals surface area contributed by atoms with Crippen molar-refractivity contribution in [3.05, 3.63) is 87.8 Å². The van der Waals surface area contributed by atoms with Crippen molar-refractivity contribution in [1.29, 1.82) is 0 Å². The van der Waals surface area contributed by atoms with Crippen LogP contribution in [0.15, 0.2) is 71.5 Å². The van der Waals surface area contributed by atoms with Crippen molar-refractivity contribution >= 4 is 51.0 Å². The van der Waals surface area contributed by atoms with E-state index in [1.54, 1.807) is 0 Å². The monoisotopic (exact) mass is 485 g/mol. The first kappa shape index (κ1) is 21.5. The van der Waals surface area contributed by atoms with Gasteiger partial charge in [0.25, 0.3) is 0 Å². The Morgan fingerprint density at radius 3 is 2.46 bits per heavy atom. The smallest absolute Gasteiger partial charge is 0.323 e. The second-order valence-corrected chi connectivity index (χ2v) is 9.06. The van der Waals surface area contributed by atoms with Crippen LogP contribution in [0.5, 0.6) is 0 Å². The van der Waals surface area contributed by atoms with Gasteiger partial charge >= 0.3 is 5.69 Å². The molecule has 0 saturated carbocycles. The van der Waals surface area contributed by atoms with E-state index in [4.69, 9.17) is 21.6 Å². The molecule has 176 valence electrons. The molecule has 1 aliphatic rings. The van der Waals surface area contributed by atoms with Gasteiger partial charge in [0.2, 0.25) is 5.95 Å². The third-order valence-corrected chi connectivity index (χ3v) is 6.65. The minimum absolute atomic E-state index is 0.186. The first-order valence-electron chi connectivity index (χ1n) is 11.6. The second kappa shape index (κ2) is 8.96. The molecule has 3 aromatic carbocycles. The fourth-order valence-electron chi connectivity index (χ4n) is 4.58. The number of benzene rings is 3. The Bertz CT molecular complexity index is 1550. The average molecular weight is 486 g/mol. The Morgan fingerprint density at radius 1 is 0.857 bits per heavy atom. The highest BCUT2D eigenvalue weighted by Gasteiger charge is 2.22. The number of piperazine rings is 1. The lowest BCUT2D eigenvalue weighted by Crippen LogP contribution is -2.47. The van der Waals surface area contributed by atoms with Crippen molar-refractivity contribution in [2.45, 2.75) is 6.54 Å². The topological polar surface area (TPSA) is 92.9 Å². The molecule has 0 bridgehead atoms. The summed E-state index contributed by atoms with van der Waals surface area (Å²) in [6.45, 7) is 3.80. The van der Waals surface area contributed by atoms with Crippen LogP contribution in [0.1, 0.15) is 5.56 Å². The number of nitrogens with one attached hydrogen (secondary N) is 3. The van der Waals surface area contributed by atoms with Crippen LogP contribution in [-0.4, -0.2) is 46.1 Å². The molecule has 0 amide bonds. The molecule has 1 aliphatic heterocycles. The van der Waals surface area contributed by atoms with Gasteiger partial charge in [0, 0.05) is 43.1 Å². The van der Waals surface area contributed by atoms with Crippen LogP contribution in [0.25, 0.3) is 21.9 Å². The normalized spacial score (nSPS) is 14.1. The van der Waals surface area contributed by atoms with Crippen LogP contribution in [0.4, 0.5) is 17.5 Å². The first-order valence-corrected chi connectivity index (χ1v) is 12.0. The summed E-state index contributed by atoms with van der Waals surface area (Å²) in [6.07, 6.45) is 0. The third kappa shape index (κ3) is 4.28. The van der Waals surface area contributed by atoms with Gasteiger partial charge in [-0.05, 0) is 42.0 Å². The molecule has 8 nitrogen and oxygen atoms in total. The number of nitrogens with zero attached hydrogens (tertiary/aromatic N) is 4. The number of aromatic nitrogens is 4. The number of hydrogen-bond donors (Lipinski definition) is 3. The fraction of sp³-hybridized carbons (Fsp3) is 0.192. The van der Waals surface area contributed by atoms with Crippen LogP contribution in [0.3, 0.4) is 0 Å². The number of aromatic amines is 2. The molecule has 2 aromatic heterocycles. The average Bonchev–Trinajstić information content (AvgIpc) is 3.28. The Balaban J connectivity index is 1.24. The highest BCUT2D eigenvalue weighted by atomic mass is 35.5. The maximum Gasteiger partial charge on any atom is 0.323 e.